The molecule has 0 aromatic carbocycles. The van der Waals surface area contributed by atoms with Crippen molar-refractivity contribution in [3.05, 3.63) is 10.6 Å². The number of aromatic nitrogens is 1. The number of rotatable bonds is 2. The average Bonchev–Trinajstić information content (AvgIpc) is 2.70. The number of aromatic carboxylic acids is 1. The van der Waals surface area contributed by atoms with Crippen LogP contribution in [0.2, 0.25) is 0 Å². The highest BCUT2D eigenvalue weighted by atomic mass is 32.1. The van der Waals surface area contributed by atoms with E-state index < -0.39 is 5.97 Å². The minimum Gasteiger partial charge on any atom is -0.476 e. The zero-order valence-corrected chi connectivity index (χ0v) is 8.80. The molecule has 1 fully saturated rings. The summed E-state index contributed by atoms with van der Waals surface area (Å²) in [5.74, 6) is -0.927. The van der Waals surface area contributed by atoms with E-state index in [1.807, 2.05) is 0 Å². The molecule has 1 saturated heterocycles. The fourth-order valence-corrected chi connectivity index (χ4v) is 2.58. The number of anilines is 1. The molecule has 1 aliphatic heterocycles. The number of nitrogens with zero attached hydrogens (tertiary/aromatic N) is 2. The highest BCUT2D eigenvalue weighted by Gasteiger charge is 2.20. The summed E-state index contributed by atoms with van der Waals surface area (Å²) in [5, 5.41) is 9.71. The van der Waals surface area contributed by atoms with Gasteiger partial charge in [0.05, 0.1) is 0 Å². The molecule has 1 aliphatic rings. The van der Waals surface area contributed by atoms with E-state index in [1.165, 1.54) is 24.2 Å². The monoisotopic (exact) mass is 212 g/mol. The van der Waals surface area contributed by atoms with Crippen LogP contribution < -0.4 is 4.90 Å². The Hall–Kier alpha value is -1.10. The number of carboxylic acid groups (broad SMARTS) is 1. The maximum atomic E-state index is 10.8. The summed E-state index contributed by atoms with van der Waals surface area (Å²) in [4.78, 5) is 17.9. The van der Waals surface area contributed by atoms with Gasteiger partial charge in [0.15, 0.2) is 10.8 Å². The molecule has 1 aromatic rings. The number of thiazole rings is 1. The number of carbonyl (C=O) groups is 1. The van der Waals surface area contributed by atoms with Crippen LogP contribution in [0.4, 0.5) is 5.13 Å². The van der Waals surface area contributed by atoms with E-state index in [1.54, 1.807) is 6.92 Å². The molecule has 2 heterocycles. The molecule has 0 saturated carbocycles. The van der Waals surface area contributed by atoms with Gasteiger partial charge < -0.3 is 10.0 Å². The molecule has 4 nitrogen and oxygen atoms in total. The van der Waals surface area contributed by atoms with Crippen molar-refractivity contribution in [2.24, 2.45) is 0 Å². The summed E-state index contributed by atoms with van der Waals surface area (Å²) >= 11 is 1.47. The van der Waals surface area contributed by atoms with Gasteiger partial charge in [-0.2, -0.15) is 0 Å². The molecule has 0 radical (unpaired) electrons. The molecule has 0 spiro atoms. The van der Waals surface area contributed by atoms with Crippen molar-refractivity contribution in [1.29, 1.82) is 0 Å². The predicted octanol–water partition coefficient (Wildman–Crippen LogP) is 1.75. The van der Waals surface area contributed by atoms with Crippen LogP contribution in [0.25, 0.3) is 0 Å². The van der Waals surface area contributed by atoms with E-state index >= 15 is 0 Å². The van der Waals surface area contributed by atoms with Crippen molar-refractivity contribution >= 4 is 22.4 Å². The van der Waals surface area contributed by atoms with Crippen LogP contribution in [-0.4, -0.2) is 29.1 Å². The molecule has 1 N–H and O–H groups in total. The molecule has 0 aliphatic carbocycles. The summed E-state index contributed by atoms with van der Waals surface area (Å²) in [6.07, 6.45) is 2.36. The Morgan fingerprint density at radius 3 is 2.64 bits per heavy atom. The van der Waals surface area contributed by atoms with Gasteiger partial charge in [-0.15, -0.1) is 11.3 Å². The third-order valence-electron chi connectivity index (χ3n) is 2.36. The molecule has 2 rings (SSSR count). The van der Waals surface area contributed by atoms with Crippen molar-refractivity contribution < 1.29 is 9.90 Å². The lowest BCUT2D eigenvalue weighted by Gasteiger charge is -2.11. The first-order chi connectivity index (χ1) is 6.68. The van der Waals surface area contributed by atoms with Crippen molar-refractivity contribution in [2.75, 3.05) is 18.0 Å². The smallest absolute Gasteiger partial charge is 0.355 e. The van der Waals surface area contributed by atoms with Crippen molar-refractivity contribution in [3.63, 3.8) is 0 Å². The summed E-state index contributed by atoms with van der Waals surface area (Å²) in [6.45, 7) is 3.82. The largest absolute Gasteiger partial charge is 0.476 e. The minimum absolute atomic E-state index is 0.205. The van der Waals surface area contributed by atoms with Crippen LogP contribution in [0.15, 0.2) is 0 Å². The molecule has 0 amide bonds. The van der Waals surface area contributed by atoms with Crippen LogP contribution in [0.1, 0.15) is 28.2 Å². The first-order valence-corrected chi connectivity index (χ1v) is 5.46. The standard InChI is InChI=1S/C9H12N2O2S/c1-6-7(8(12)13)10-9(14-6)11-4-2-3-5-11/h2-5H2,1H3,(H,12,13). The molecule has 14 heavy (non-hydrogen) atoms. The van der Waals surface area contributed by atoms with Crippen molar-refractivity contribution in [3.8, 4) is 0 Å². The normalized spacial score (nSPS) is 16.2. The summed E-state index contributed by atoms with van der Waals surface area (Å²) < 4.78 is 0. The zero-order valence-electron chi connectivity index (χ0n) is 7.99. The lowest BCUT2D eigenvalue weighted by molar-refractivity contribution is 0.0690. The quantitative estimate of drug-likeness (QED) is 0.811. The number of aryl methyl sites for hydroxylation is 1. The fourth-order valence-electron chi connectivity index (χ4n) is 1.62. The number of hydrogen-bond acceptors (Lipinski definition) is 4. The molecule has 1 aromatic heterocycles. The Labute approximate surface area is 86.2 Å². The Bertz CT molecular complexity index is 356. The molecule has 76 valence electrons. The zero-order chi connectivity index (χ0) is 10.1. The molecule has 5 heteroatoms. The molecular weight excluding hydrogens is 200 g/mol. The fraction of sp³-hybridized carbons (Fsp3) is 0.556. The summed E-state index contributed by atoms with van der Waals surface area (Å²) in [5.41, 5.74) is 0.205. The van der Waals surface area contributed by atoms with Gasteiger partial charge in [0.1, 0.15) is 0 Å². The van der Waals surface area contributed by atoms with Crippen molar-refractivity contribution in [2.45, 2.75) is 19.8 Å². The first kappa shape index (κ1) is 9.45. The van der Waals surface area contributed by atoms with E-state index in [-0.39, 0.29) is 5.69 Å². The molecule has 0 unspecified atom stereocenters. The van der Waals surface area contributed by atoms with Crippen LogP contribution in [0, 0.1) is 6.92 Å². The van der Waals surface area contributed by atoms with Gasteiger partial charge in [0, 0.05) is 18.0 Å². The van der Waals surface area contributed by atoms with Gasteiger partial charge in [0.25, 0.3) is 0 Å². The average molecular weight is 212 g/mol. The SMILES string of the molecule is Cc1sc(N2CCCC2)nc1C(=O)O. The number of hydrogen-bond donors (Lipinski definition) is 1. The van der Waals surface area contributed by atoms with E-state index in [2.05, 4.69) is 9.88 Å². The third-order valence-corrected chi connectivity index (χ3v) is 3.40. The lowest BCUT2D eigenvalue weighted by atomic mass is 10.4. The van der Waals surface area contributed by atoms with Crippen LogP contribution >= 0.6 is 11.3 Å². The Morgan fingerprint density at radius 2 is 2.14 bits per heavy atom. The van der Waals surface area contributed by atoms with E-state index in [0.717, 1.165) is 23.1 Å². The Kier molecular flexibility index (Phi) is 2.41. The van der Waals surface area contributed by atoms with E-state index in [4.69, 9.17) is 5.11 Å². The van der Waals surface area contributed by atoms with Gasteiger partial charge in [-0.1, -0.05) is 0 Å². The van der Waals surface area contributed by atoms with Gasteiger partial charge in [-0.3, -0.25) is 0 Å². The molecular formula is C9H12N2O2S. The Balaban J connectivity index is 2.27. The van der Waals surface area contributed by atoms with Gasteiger partial charge >= 0.3 is 5.97 Å². The van der Waals surface area contributed by atoms with E-state index in [0.29, 0.717) is 0 Å². The second kappa shape index (κ2) is 3.57. The van der Waals surface area contributed by atoms with E-state index in [9.17, 15) is 4.79 Å². The van der Waals surface area contributed by atoms with Gasteiger partial charge in [-0.05, 0) is 19.8 Å². The summed E-state index contributed by atoms with van der Waals surface area (Å²) in [6, 6.07) is 0. The highest BCUT2D eigenvalue weighted by molar-refractivity contribution is 7.15. The highest BCUT2D eigenvalue weighted by Crippen LogP contribution is 2.28. The third kappa shape index (κ3) is 1.59. The van der Waals surface area contributed by atoms with Crippen molar-refractivity contribution in [1.82, 2.24) is 4.98 Å². The summed E-state index contributed by atoms with van der Waals surface area (Å²) in [7, 11) is 0. The lowest BCUT2D eigenvalue weighted by Crippen LogP contribution is -2.17. The van der Waals surface area contributed by atoms with Crippen LogP contribution in [0.3, 0.4) is 0 Å². The van der Waals surface area contributed by atoms with Crippen LogP contribution in [-0.2, 0) is 0 Å². The Morgan fingerprint density at radius 1 is 1.50 bits per heavy atom. The predicted molar refractivity (Wildman–Crippen MR) is 55.3 cm³/mol. The maximum Gasteiger partial charge on any atom is 0.355 e. The number of carboxylic acids is 1. The maximum absolute atomic E-state index is 10.8. The van der Waals surface area contributed by atoms with Gasteiger partial charge in [-0.25, -0.2) is 9.78 Å². The van der Waals surface area contributed by atoms with Crippen LogP contribution in [0.5, 0.6) is 0 Å². The topological polar surface area (TPSA) is 53.4 Å². The van der Waals surface area contributed by atoms with Gasteiger partial charge in [0.2, 0.25) is 0 Å². The molecule has 0 bridgehead atoms. The minimum atomic E-state index is -0.927. The second-order valence-electron chi connectivity index (χ2n) is 3.40. The first-order valence-electron chi connectivity index (χ1n) is 4.64. The molecule has 0 atom stereocenters. The second-order valence-corrected chi connectivity index (χ2v) is 4.58.